The van der Waals surface area contributed by atoms with Gasteiger partial charge in [-0.25, -0.2) is 4.39 Å². The fourth-order valence-electron chi connectivity index (χ4n) is 8.30. The highest BCUT2D eigenvalue weighted by Crippen LogP contribution is 2.66. The monoisotopic (exact) mass is 464 g/mol. The van der Waals surface area contributed by atoms with E-state index in [-0.39, 0.29) is 40.4 Å². The van der Waals surface area contributed by atoms with Crippen molar-refractivity contribution in [3.8, 4) is 0 Å². The van der Waals surface area contributed by atoms with Crippen LogP contribution in [0.1, 0.15) is 77.7 Å². The van der Waals surface area contributed by atoms with Gasteiger partial charge >= 0.3 is 5.97 Å². The zero-order valence-corrected chi connectivity index (χ0v) is 20.7. The van der Waals surface area contributed by atoms with Gasteiger partial charge in [0.2, 0.25) is 0 Å². The lowest BCUT2D eigenvalue weighted by atomic mass is 9.47. The Balaban J connectivity index is 1.32. The Morgan fingerprint density at radius 2 is 1.79 bits per heavy atom. The van der Waals surface area contributed by atoms with Crippen molar-refractivity contribution < 1.29 is 18.7 Å². The Hall–Kier alpha value is -2.23. The molecule has 3 fully saturated rings. The summed E-state index contributed by atoms with van der Waals surface area (Å²) in [5.74, 6) is 1.75. The molecule has 0 N–H and O–H groups in total. The second-order valence-electron chi connectivity index (χ2n) is 11.7. The van der Waals surface area contributed by atoms with Gasteiger partial charge in [-0.1, -0.05) is 43.7 Å². The molecule has 7 atom stereocenters. The molecule has 0 bridgehead atoms. The van der Waals surface area contributed by atoms with Crippen LogP contribution in [-0.4, -0.2) is 17.9 Å². The number of hydrogen-bond acceptors (Lipinski definition) is 3. The minimum absolute atomic E-state index is 0.0311. The molecule has 0 spiro atoms. The van der Waals surface area contributed by atoms with Crippen LogP contribution in [0.25, 0.3) is 6.08 Å². The van der Waals surface area contributed by atoms with Gasteiger partial charge in [0.15, 0.2) is 5.78 Å². The SMILES string of the molecule is CC(=O)O[C@H]1CC[C@@]2(C)C(=CC[C@@H]3[C@@H]2CC[C@]2(C)C(C(=O)/C=C/c4ccc(F)cc4)CC[C@@H]32)C1. The van der Waals surface area contributed by atoms with Crippen LogP contribution < -0.4 is 0 Å². The van der Waals surface area contributed by atoms with Crippen molar-refractivity contribution in [3.05, 3.63) is 53.4 Å². The summed E-state index contributed by atoms with van der Waals surface area (Å²) in [6.45, 7) is 6.33. The Bertz CT molecular complexity index is 1020. The van der Waals surface area contributed by atoms with Crippen LogP contribution >= 0.6 is 0 Å². The average molecular weight is 465 g/mol. The predicted octanol–water partition coefficient (Wildman–Crippen LogP) is 6.92. The number of benzene rings is 1. The molecule has 5 rings (SSSR count). The van der Waals surface area contributed by atoms with Crippen molar-refractivity contribution in [2.45, 2.75) is 78.2 Å². The normalized spacial score (nSPS) is 39.1. The molecule has 4 aliphatic carbocycles. The van der Waals surface area contributed by atoms with Gasteiger partial charge in [0.25, 0.3) is 0 Å². The molecule has 0 radical (unpaired) electrons. The van der Waals surface area contributed by atoms with Crippen molar-refractivity contribution in [2.75, 3.05) is 0 Å². The second-order valence-corrected chi connectivity index (χ2v) is 11.7. The smallest absolute Gasteiger partial charge is 0.302 e. The van der Waals surface area contributed by atoms with E-state index in [1.54, 1.807) is 18.2 Å². The molecular formula is C30H37FO3. The van der Waals surface area contributed by atoms with Crippen LogP contribution in [0.3, 0.4) is 0 Å². The Labute approximate surface area is 202 Å². The van der Waals surface area contributed by atoms with Crippen molar-refractivity contribution >= 4 is 17.8 Å². The number of ether oxygens (including phenoxy) is 1. The molecule has 1 aromatic carbocycles. The highest BCUT2D eigenvalue weighted by atomic mass is 19.1. The minimum atomic E-state index is -0.260. The molecule has 0 aliphatic heterocycles. The zero-order chi connectivity index (χ0) is 24.1. The maximum Gasteiger partial charge on any atom is 0.302 e. The fraction of sp³-hybridized carbons (Fsp3) is 0.600. The molecule has 4 aliphatic rings. The van der Waals surface area contributed by atoms with E-state index in [0.717, 1.165) is 50.5 Å². The average Bonchev–Trinajstić information content (AvgIpc) is 3.16. The van der Waals surface area contributed by atoms with Crippen LogP contribution in [0.5, 0.6) is 0 Å². The summed E-state index contributed by atoms with van der Waals surface area (Å²) >= 11 is 0. The van der Waals surface area contributed by atoms with E-state index < -0.39 is 0 Å². The molecule has 0 heterocycles. The standard InChI is InChI=1S/C30H37FO3/c1-19(32)34-23-14-16-29(2)21(18-23)7-10-24-25-11-12-27(30(25,3)17-15-26(24)29)28(33)13-6-20-4-8-22(31)9-5-20/h4-9,13,23-27H,10-12,14-18H2,1-3H3/b13-6+/t23-,24-,25-,26-,27?,29-,30-/m0/s1. The van der Waals surface area contributed by atoms with Gasteiger partial charge in [0, 0.05) is 19.3 Å². The molecule has 0 aromatic heterocycles. The summed E-state index contributed by atoms with van der Waals surface area (Å²) in [6.07, 6.45) is 14.5. The number of carbonyl (C=O) groups is 2. The van der Waals surface area contributed by atoms with Crippen LogP contribution in [0.15, 0.2) is 42.0 Å². The van der Waals surface area contributed by atoms with E-state index in [0.29, 0.717) is 17.8 Å². The van der Waals surface area contributed by atoms with Crippen LogP contribution in [0, 0.1) is 40.3 Å². The largest absolute Gasteiger partial charge is 0.462 e. The molecule has 1 aromatic rings. The fourth-order valence-corrected chi connectivity index (χ4v) is 8.30. The molecule has 4 heteroatoms. The third-order valence-electron chi connectivity index (χ3n) is 10.0. The third kappa shape index (κ3) is 3.97. The number of fused-ring (bicyclic) bond motifs is 5. The lowest BCUT2D eigenvalue weighted by Gasteiger charge is -2.58. The number of halogens is 1. The Morgan fingerprint density at radius 3 is 2.53 bits per heavy atom. The van der Waals surface area contributed by atoms with E-state index in [9.17, 15) is 14.0 Å². The number of ketones is 1. The number of rotatable bonds is 4. The highest BCUT2D eigenvalue weighted by Gasteiger charge is 2.59. The van der Waals surface area contributed by atoms with Crippen LogP contribution in [0.2, 0.25) is 0 Å². The summed E-state index contributed by atoms with van der Waals surface area (Å²) in [5.41, 5.74) is 2.62. The predicted molar refractivity (Wildman–Crippen MR) is 131 cm³/mol. The summed E-state index contributed by atoms with van der Waals surface area (Å²) in [7, 11) is 0. The van der Waals surface area contributed by atoms with Crippen molar-refractivity contribution in [2.24, 2.45) is 34.5 Å². The van der Waals surface area contributed by atoms with Crippen molar-refractivity contribution in [1.82, 2.24) is 0 Å². The van der Waals surface area contributed by atoms with Gasteiger partial charge in [-0.15, -0.1) is 0 Å². The van der Waals surface area contributed by atoms with Crippen LogP contribution in [-0.2, 0) is 14.3 Å². The first-order valence-electron chi connectivity index (χ1n) is 13.0. The first-order chi connectivity index (χ1) is 16.2. The Morgan fingerprint density at radius 1 is 1.03 bits per heavy atom. The topological polar surface area (TPSA) is 43.4 Å². The maximum absolute atomic E-state index is 13.3. The molecule has 1 unspecified atom stereocenters. The number of allylic oxidation sites excluding steroid dienone is 2. The van der Waals surface area contributed by atoms with Gasteiger partial charge in [0.1, 0.15) is 11.9 Å². The van der Waals surface area contributed by atoms with E-state index in [4.69, 9.17) is 4.74 Å². The third-order valence-corrected chi connectivity index (χ3v) is 10.0. The summed E-state index contributed by atoms with van der Waals surface area (Å²) in [6, 6.07) is 6.30. The van der Waals surface area contributed by atoms with E-state index in [1.165, 1.54) is 31.1 Å². The molecule has 34 heavy (non-hydrogen) atoms. The summed E-state index contributed by atoms with van der Waals surface area (Å²) in [5, 5.41) is 0. The van der Waals surface area contributed by atoms with Gasteiger partial charge in [-0.05, 0) is 97.3 Å². The van der Waals surface area contributed by atoms with Crippen molar-refractivity contribution in [3.63, 3.8) is 0 Å². The molecule has 3 saturated carbocycles. The molecular weight excluding hydrogens is 427 g/mol. The number of carbonyl (C=O) groups excluding carboxylic acids is 2. The van der Waals surface area contributed by atoms with E-state index in [1.807, 2.05) is 6.08 Å². The molecule has 0 amide bonds. The molecule has 182 valence electrons. The maximum atomic E-state index is 13.3. The highest BCUT2D eigenvalue weighted by molar-refractivity contribution is 5.96. The quantitative estimate of drug-likeness (QED) is 0.276. The molecule has 3 nitrogen and oxygen atoms in total. The van der Waals surface area contributed by atoms with Crippen LogP contribution in [0.4, 0.5) is 4.39 Å². The number of esters is 1. The van der Waals surface area contributed by atoms with Gasteiger partial charge in [0.05, 0.1) is 0 Å². The summed E-state index contributed by atoms with van der Waals surface area (Å²) < 4.78 is 18.8. The summed E-state index contributed by atoms with van der Waals surface area (Å²) in [4.78, 5) is 24.8. The van der Waals surface area contributed by atoms with Gasteiger partial charge in [-0.2, -0.15) is 0 Å². The zero-order valence-electron chi connectivity index (χ0n) is 20.7. The first-order valence-corrected chi connectivity index (χ1v) is 13.0. The van der Waals surface area contributed by atoms with Gasteiger partial charge < -0.3 is 4.74 Å². The second kappa shape index (κ2) is 8.77. The van der Waals surface area contributed by atoms with Crippen molar-refractivity contribution in [1.29, 1.82) is 0 Å². The Kier molecular flexibility index (Phi) is 6.06. The van der Waals surface area contributed by atoms with E-state index >= 15 is 0 Å². The lowest BCUT2D eigenvalue weighted by Crippen LogP contribution is -2.51. The van der Waals surface area contributed by atoms with Gasteiger partial charge in [-0.3, -0.25) is 9.59 Å². The molecule has 0 saturated heterocycles. The minimum Gasteiger partial charge on any atom is -0.462 e. The first kappa shape index (κ1) is 23.5. The lowest BCUT2D eigenvalue weighted by molar-refractivity contribution is -0.149. The van der Waals surface area contributed by atoms with E-state index in [2.05, 4.69) is 19.9 Å². The number of hydrogen-bond donors (Lipinski definition) is 0.